The van der Waals surface area contributed by atoms with Crippen molar-refractivity contribution in [2.75, 3.05) is 13.1 Å². The molecule has 1 amide bonds. The van der Waals surface area contributed by atoms with Crippen LogP contribution in [0.3, 0.4) is 0 Å². The molecule has 1 rings (SSSR count). The van der Waals surface area contributed by atoms with Gasteiger partial charge >= 0.3 is 4.87 Å². The zero-order valence-electron chi connectivity index (χ0n) is 8.00. The highest BCUT2D eigenvalue weighted by molar-refractivity contribution is 7.07. The lowest BCUT2D eigenvalue weighted by molar-refractivity contribution is -0.120. The Morgan fingerprint density at radius 3 is 3.07 bits per heavy atom. The number of hydrogen-bond donors (Lipinski definition) is 3. The zero-order chi connectivity index (χ0) is 11.1. The molecule has 0 atom stereocenters. The first-order valence-corrected chi connectivity index (χ1v) is 5.18. The Morgan fingerprint density at radius 1 is 1.67 bits per heavy atom. The molecular formula is C9H11N3O2S. The molecule has 0 aliphatic heterocycles. The van der Waals surface area contributed by atoms with E-state index in [-0.39, 0.29) is 17.3 Å². The zero-order valence-corrected chi connectivity index (χ0v) is 8.82. The Labute approximate surface area is 90.9 Å². The molecule has 0 aromatic carbocycles. The van der Waals surface area contributed by atoms with E-state index in [0.29, 0.717) is 18.8 Å². The quantitative estimate of drug-likeness (QED) is 0.457. The molecule has 0 aliphatic rings. The maximum atomic E-state index is 11.2. The molecule has 3 N–H and O–H groups in total. The normalized spacial score (nSPS) is 9.53. The van der Waals surface area contributed by atoms with E-state index < -0.39 is 0 Å². The van der Waals surface area contributed by atoms with E-state index in [4.69, 9.17) is 6.42 Å². The van der Waals surface area contributed by atoms with Gasteiger partial charge in [-0.05, 0) is 0 Å². The van der Waals surface area contributed by atoms with E-state index >= 15 is 0 Å². The largest absolute Gasteiger partial charge is 0.349 e. The second kappa shape index (κ2) is 6.01. The fourth-order valence-corrected chi connectivity index (χ4v) is 1.49. The van der Waals surface area contributed by atoms with Crippen molar-refractivity contribution >= 4 is 17.2 Å². The molecule has 1 heterocycles. The van der Waals surface area contributed by atoms with E-state index in [1.165, 1.54) is 0 Å². The topological polar surface area (TPSA) is 74.0 Å². The average Bonchev–Trinajstić information content (AvgIpc) is 2.62. The first-order valence-electron chi connectivity index (χ1n) is 4.30. The van der Waals surface area contributed by atoms with Crippen LogP contribution in [0.1, 0.15) is 5.69 Å². The van der Waals surface area contributed by atoms with Crippen molar-refractivity contribution in [1.29, 1.82) is 0 Å². The van der Waals surface area contributed by atoms with Crippen molar-refractivity contribution in [2.45, 2.75) is 6.54 Å². The molecule has 0 saturated heterocycles. The van der Waals surface area contributed by atoms with E-state index in [1.807, 2.05) is 0 Å². The summed E-state index contributed by atoms with van der Waals surface area (Å²) in [5.74, 6) is 2.21. The van der Waals surface area contributed by atoms with Gasteiger partial charge in [-0.1, -0.05) is 17.3 Å². The Bertz CT molecular complexity index is 415. The number of terminal acetylenes is 1. The van der Waals surface area contributed by atoms with Crippen molar-refractivity contribution in [2.24, 2.45) is 0 Å². The van der Waals surface area contributed by atoms with Gasteiger partial charge in [0, 0.05) is 11.1 Å². The molecule has 0 saturated carbocycles. The summed E-state index contributed by atoms with van der Waals surface area (Å²) in [6, 6.07) is 0. The van der Waals surface area contributed by atoms with Crippen LogP contribution >= 0.6 is 11.3 Å². The second-order valence-corrected chi connectivity index (χ2v) is 3.60. The number of hydrogen-bond acceptors (Lipinski definition) is 4. The number of thiazole rings is 1. The third-order valence-electron chi connectivity index (χ3n) is 1.56. The van der Waals surface area contributed by atoms with Gasteiger partial charge in [0.25, 0.3) is 0 Å². The van der Waals surface area contributed by atoms with Gasteiger partial charge in [-0.3, -0.25) is 14.9 Å². The third-order valence-corrected chi connectivity index (χ3v) is 2.28. The minimum atomic E-state index is -0.155. The summed E-state index contributed by atoms with van der Waals surface area (Å²) in [6.07, 6.45) is 5.00. The Balaban J connectivity index is 2.23. The SMILES string of the molecule is C#CCNCC(=O)NCc1csc(=O)[nH]1. The predicted molar refractivity (Wildman–Crippen MR) is 58.5 cm³/mol. The van der Waals surface area contributed by atoms with E-state index in [9.17, 15) is 9.59 Å². The van der Waals surface area contributed by atoms with Crippen molar-refractivity contribution in [1.82, 2.24) is 15.6 Å². The van der Waals surface area contributed by atoms with Crippen LogP contribution in [0.15, 0.2) is 10.2 Å². The van der Waals surface area contributed by atoms with Crippen LogP contribution in [0.25, 0.3) is 0 Å². The van der Waals surface area contributed by atoms with Gasteiger partial charge in [0.1, 0.15) is 0 Å². The first-order chi connectivity index (χ1) is 7.22. The van der Waals surface area contributed by atoms with Crippen LogP contribution in [0.5, 0.6) is 0 Å². The smallest absolute Gasteiger partial charge is 0.304 e. The first kappa shape index (κ1) is 11.5. The lowest BCUT2D eigenvalue weighted by Gasteiger charge is -2.02. The fraction of sp³-hybridized carbons (Fsp3) is 0.333. The molecule has 5 nitrogen and oxygen atoms in total. The van der Waals surface area contributed by atoms with Crippen LogP contribution in [-0.2, 0) is 11.3 Å². The van der Waals surface area contributed by atoms with Gasteiger partial charge in [0.05, 0.1) is 19.6 Å². The van der Waals surface area contributed by atoms with Crippen LogP contribution in [0.2, 0.25) is 0 Å². The monoisotopic (exact) mass is 225 g/mol. The number of amides is 1. The number of aromatic nitrogens is 1. The Kier molecular flexibility index (Phi) is 4.60. The van der Waals surface area contributed by atoms with Gasteiger partial charge in [-0.25, -0.2) is 0 Å². The average molecular weight is 225 g/mol. The van der Waals surface area contributed by atoms with Crippen LogP contribution < -0.4 is 15.5 Å². The summed E-state index contributed by atoms with van der Waals surface area (Å²) in [6.45, 7) is 0.872. The summed E-state index contributed by atoms with van der Waals surface area (Å²) in [5, 5.41) is 7.07. The number of carbonyl (C=O) groups is 1. The van der Waals surface area contributed by atoms with Gasteiger partial charge in [-0.2, -0.15) is 0 Å². The highest BCUT2D eigenvalue weighted by Crippen LogP contribution is 1.93. The van der Waals surface area contributed by atoms with Crippen LogP contribution in [-0.4, -0.2) is 24.0 Å². The number of aromatic amines is 1. The van der Waals surface area contributed by atoms with Crippen molar-refractivity contribution in [3.05, 3.63) is 20.7 Å². The maximum absolute atomic E-state index is 11.2. The Hall–Kier alpha value is -1.58. The summed E-state index contributed by atoms with van der Waals surface area (Å²) in [5.41, 5.74) is 0.704. The van der Waals surface area contributed by atoms with Gasteiger partial charge in [0.2, 0.25) is 5.91 Å². The van der Waals surface area contributed by atoms with E-state index in [0.717, 1.165) is 11.3 Å². The maximum Gasteiger partial charge on any atom is 0.304 e. The summed E-state index contributed by atoms with van der Waals surface area (Å²) in [7, 11) is 0. The molecule has 6 heteroatoms. The molecule has 80 valence electrons. The minimum Gasteiger partial charge on any atom is -0.349 e. The standard InChI is InChI=1S/C9H11N3O2S/c1-2-3-10-5-8(13)11-4-7-6-15-9(14)12-7/h1,6,10H,3-5H2,(H,11,13)(H,12,14). The lowest BCUT2D eigenvalue weighted by Crippen LogP contribution is -2.33. The molecule has 0 unspecified atom stereocenters. The minimum absolute atomic E-state index is 0.121. The molecule has 0 radical (unpaired) electrons. The number of carbonyl (C=O) groups excluding carboxylic acids is 1. The van der Waals surface area contributed by atoms with Gasteiger partial charge in [0.15, 0.2) is 0 Å². The Morgan fingerprint density at radius 2 is 2.47 bits per heavy atom. The molecule has 0 fully saturated rings. The molecule has 0 spiro atoms. The number of H-pyrrole nitrogens is 1. The summed E-state index contributed by atoms with van der Waals surface area (Å²) < 4.78 is 0. The predicted octanol–water partition coefficient (Wildman–Crippen LogP) is -0.725. The van der Waals surface area contributed by atoms with E-state index in [1.54, 1.807) is 5.38 Å². The summed E-state index contributed by atoms with van der Waals surface area (Å²) in [4.78, 5) is 24.4. The molecule has 15 heavy (non-hydrogen) atoms. The third kappa shape index (κ3) is 4.44. The molecule has 1 aromatic heterocycles. The molecular weight excluding hydrogens is 214 g/mol. The number of rotatable bonds is 5. The molecule has 0 bridgehead atoms. The molecule has 1 aromatic rings. The van der Waals surface area contributed by atoms with Crippen LogP contribution in [0, 0.1) is 12.3 Å². The number of nitrogens with one attached hydrogen (secondary N) is 3. The van der Waals surface area contributed by atoms with Crippen LogP contribution in [0.4, 0.5) is 0 Å². The van der Waals surface area contributed by atoms with Gasteiger partial charge < -0.3 is 10.3 Å². The second-order valence-electron chi connectivity index (χ2n) is 2.76. The highest BCUT2D eigenvalue weighted by Gasteiger charge is 2.01. The fourth-order valence-electron chi connectivity index (χ4n) is 0.905. The molecule has 0 aliphatic carbocycles. The van der Waals surface area contributed by atoms with Crippen molar-refractivity contribution in [3.8, 4) is 12.3 Å². The highest BCUT2D eigenvalue weighted by atomic mass is 32.1. The van der Waals surface area contributed by atoms with E-state index in [2.05, 4.69) is 21.5 Å². The van der Waals surface area contributed by atoms with Crippen molar-refractivity contribution < 1.29 is 4.79 Å². The van der Waals surface area contributed by atoms with Gasteiger partial charge in [-0.15, -0.1) is 6.42 Å². The lowest BCUT2D eigenvalue weighted by atomic mass is 10.4. The van der Waals surface area contributed by atoms with Crippen molar-refractivity contribution in [3.63, 3.8) is 0 Å². The summed E-state index contributed by atoms with van der Waals surface area (Å²) >= 11 is 1.07.